The van der Waals surface area contributed by atoms with Crippen LogP contribution in [0.1, 0.15) is 6.42 Å². The van der Waals surface area contributed by atoms with Gasteiger partial charge in [-0.25, -0.2) is 4.39 Å². The molecule has 0 amide bonds. The minimum Gasteiger partial charge on any atom is -0.365 e. The average molecular weight is 239 g/mol. The molecule has 0 radical (unpaired) electrons. The molecule has 0 spiro atoms. The Bertz CT molecular complexity index is 417. The lowest BCUT2D eigenvalue weighted by Gasteiger charge is -2.21. The quantitative estimate of drug-likeness (QED) is 0.628. The number of halogens is 1. The molecule has 1 N–H and O–H groups in total. The van der Waals surface area contributed by atoms with Crippen molar-refractivity contribution in [2.24, 2.45) is 0 Å². The third kappa shape index (κ3) is 2.71. The minimum absolute atomic E-state index is 0.160. The molecule has 1 heterocycles. The molecule has 0 aliphatic carbocycles. The van der Waals surface area contributed by atoms with Gasteiger partial charge in [0.05, 0.1) is 11.0 Å². The van der Waals surface area contributed by atoms with Crippen molar-refractivity contribution in [2.75, 3.05) is 31.1 Å². The zero-order valence-corrected chi connectivity index (χ0v) is 9.36. The van der Waals surface area contributed by atoms with Crippen LogP contribution in [0.4, 0.5) is 15.8 Å². The largest absolute Gasteiger partial charge is 0.365 e. The van der Waals surface area contributed by atoms with Crippen LogP contribution in [0.15, 0.2) is 18.2 Å². The Kier molecular flexibility index (Phi) is 3.53. The molecule has 0 aromatic heterocycles. The fourth-order valence-corrected chi connectivity index (χ4v) is 2.00. The van der Waals surface area contributed by atoms with Crippen molar-refractivity contribution in [3.63, 3.8) is 0 Å². The maximum atomic E-state index is 13.0. The SMILES string of the molecule is O=[N+]([O-])c1cc(F)ccc1N1CCCNCC1. The normalized spacial score (nSPS) is 16.6. The molecular formula is C11H14FN3O2. The van der Waals surface area contributed by atoms with Gasteiger partial charge in [-0.1, -0.05) is 0 Å². The molecule has 1 saturated heterocycles. The summed E-state index contributed by atoms with van der Waals surface area (Å²) >= 11 is 0. The van der Waals surface area contributed by atoms with E-state index in [-0.39, 0.29) is 5.69 Å². The molecule has 1 aromatic rings. The molecule has 0 bridgehead atoms. The van der Waals surface area contributed by atoms with Crippen LogP contribution in [0.3, 0.4) is 0 Å². The van der Waals surface area contributed by atoms with Gasteiger partial charge in [0, 0.05) is 19.6 Å². The van der Waals surface area contributed by atoms with Crippen LogP contribution < -0.4 is 10.2 Å². The van der Waals surface area contributed by atoms with E-state index >= 15 is 0 Å². The predicted octanol–water partition coefficient (Wildman–Crippen LogP) is 1.53. The second kappa shape index (κ2) is 5.09. The molecule has 2 rings (SSSR count). The number of hydrogen-bond donors (Lipinski definition) is 1. The van der Waals surface area contributed by atoms with Gasteiger partial charge in [0.15, 0.2) is 0 Å². The van der Waals surface area contributed by atoms with Gasteiger partial charge < -0.3 is 10.2 Å². The molecule has 1 aromatic carbocycles. The molecule has 92 valence electrons. The fourth-order valence-electron chi connectivity index (χ4n) is 2.00. The summed E-state index contributed by atoms with van der Waals surface area (Å²) in [7, 11) is 0. The van der Waals surface area contributed by atoms with E-state index in [9.17, 15) is 14.5 Å². The fraction of sp³-hybridized carbons (Fsp3) is 0.455. The van der Waals surface area contributed by atoms with Gasteiger partial charge in [-0.05, 0) is 25.1 Å². The summed E-state index contributed by atoms with van der Waals surface area (Å²) < 4.78 is 13.0. The summed E-state index contributed by atoms with van der Waals surface area (Å²) in [5, 5.41) is 14.1. The number of rotatable bonds is 2. The van der Waals surface area contributed by atoms with Crippen LogP contribution in [-0.4, -0.2) is 31.1 Å². The summed E-state index contributed by atoms with van der Waals surface area (Å²) in [6, 6.07) is 3.73. The number of nitrogens with zero attached hydrogens (tertiary/aromatic N) is 2. The Hall–Kier alpha value is -1.69. The van der Waals surface area contributed by atoms with Crippen molar-refractivity contribution >= 4 is 11.4 Å². The first kappa shape index (κ1) is 11.8. The Morgan fingerprint density at radius 1 is 1.35 bits per heavy atom. The molecule has 0 atom stereocenters. The average Bonchev–Trinajstić information content (AvgIpc) is 2.57. The third-order valence-corrected chi connectivity index (χ3v) is 2.81. The lowest BCUT2D eigenvalue weighted by atomic mass is 10.2. The van der Waals surface area contributed by atoms with Gasteiger partial charge in [0.2, 0.25) is 0 Å². The number of benzene rings is 1. The van der Waals surface area contributed by atoms with Crippen LogP contribution >= 0.6 is 0 Å². The van der Waals surface area contributed by atoms with E-state index in [2.05, 4.69) is 5.32 Å². The Morgan fingerprint density at radius 3 is 2.94 bits per heavy atom. The van der Waals surface area contributed by atoms with E-state index in [0.717, 1.165) is 32.1 Å². The summed E-state index contributed by atoms with van der Waals surface area (Å²) in [5.41, 5.74) is 0.340. The Balaban J connectivity index is 2.32. The van der Waals surface area contributed by atoms with E-state index in [0.29, 0.717) is 12.2 Å². The summed E-state index contributed by atoms with van der Waals surface area (Å²) in [6.07, 6.45) is 0.925. The number of hydrogen-bond acceptors (Lipinski definition) is 4. The molecule has 0 saturated carbocycles. The molecule has 1 aliphatic rings. The lowest BCUT2D eigenvalue weighted by molar-refractivity contribution is -0.384. The van der Waals surface area contributed by atoms with Crippen molar-refractivity contribution in [2.45, 2.75) is 6.42 Å². The maximum Gasteiger partial charge on any atom is 0.295 e. The molecule has 6 heteroatoms. The van der Waals surface area contributed by atoms with Crippen LogP contribution in [-0.2, 0) is 0 Å². The van der Waals surface area contributed by atoms with Gasteiger partial charge in [-0.3, -0.25) is 10.1 Å². The first-order valence-electron chi connectivity index (χ1n) is 5.58. The Morgan fingerprint density at radius 2 is 2.18 bits per heavy atom. The van der Waals surface area contributed by atoms with Gasteiger partial charge in [-0.15, -0.1) is 0 Å². The second-order valence-corrected chi connectivity index (χ2v) is 3.98. The molecule has 0 unspecified atom stereocenters. The molecule has 17 heavy (non-hydrogen) atoms. The van der Waals surface area contributed by atoms with Crippen LogP contribution in [0.5, 0.6) is 0 Å². The highest BCUT2D eigenvalue weighted by atomic mass is 19.1. The summed E-state index contributed by atoms with van der Waals surface area (Å²) in [6.45, 7) is 3.14. The maximum absolute atomic E-state index is 13.0. The number of nitro benzene ring substituents is 1. The van der Waals surface area contributed by atoms with Crippen LogP contribution in [0.25, 0.3) is 0 Å². The van der Waals surface area contributed by atoms with Gasteiger partial charge in [0.1, 0.15) is 11.5 Å². The van der Waals surface area contributed by atoms with Crippen molar-refractivity contribution in [3.05, 3.63) is 34.1 Å². The van der Waals surface area contributed by atoms with E-state index in [1.807, 2.05) is 4.90 Å². The summed E-state index contributed by atoms with van der Waals surface area (Å²) in [5.74, 6) is -0.576. The minimum atomic E-state index is -0.576. The van der Waals surface area contributed by atoms with Crippen molar-refractivity contribution in [1.82, 2.24) is 5.32 Å². The van der Waals surface area contributed by atoms with E-state index in [1.54, 1.807) is 0 Å². The molecule has 1 fully saturated rings. The zero-order valence-electron chi connectivity index (χ0n) is 9.36. The highest BCUT2D eigenvalue weighted by Crippen LogP contribution is 2.29. The van der Waals surface area contributed by atoms with Gasteiger partial charge in [-0.2, -0.15) is 0 Å². The summed E-state index contributed by atoms with van der Waals surface area (Å²) in [4.78, 5) is 12.3. The van der Waals surface area contributed by atoms with E-state index < -0.39 is 10.7 Å². The highest BCUT2D eigenvalue weighted by Gasteiger charge is 2.20. The third-order valence-electron chi connectivity index (χ3n) is 2.81. The smallest absolute Gasteiger partial charge is 0.295 e. The van der Waals surface area contributed by atoms with Crippen molar-refractivity contribution in [1.29, 1.82) is 0 Å². The highest BCUT2D eigenvalue weighted by molar-refractivity contribution is 5.63. The molecule has 1 aliphatic heterocycles. The van der Waals surface area contributed by atoms with Crippen molar-refractivity contribution < 1.29 is 9.31 Å². The topological polar surface area (TPSA) is 58.4 Å². The molecular weight excluding hydrogens is 225 g/mol. The van der Waals surface area contributed by atoms with E-state index in [4.69, 9.17) is 0 Å². The second-order valence-electron chi connectivity index (χ2n) is 3.98. The van der Waals surface area contributed by atoms with Crippen molar-refractivity contribution in [3.8, 4) is 0 Å². The number of nitro groups is 1. The van der Waals surface area contributed by atoms with Crippen LogP contribution in [0.2, 0.25) is 0 Å². The van der Waals surface area contributed by atoms with Gasteiger partial charge in [0.25, 0.3) is 5.69 Å². The first-order valence-corrected chi connectivity index (χ1v) is 5.58. The Labute approximate surface area is 98.4 Å². The van der Waals surface area contributed by atoms with Crippen LogP contribution in [0, 0.1) is 15.9 Å². The standard InChI is InChI=1S/C11H14FN3O2/c12-9-2-3-10(11(8-9)15(16)17)14-6-1-4-13-5-7-14/h2-3,8,13H,1,4-7H2. The number of anilines is 1. The lowest BCUT2D eigenvalue weighted by Crippen LogP contribution is -2.28. The predicted molar refractivity (Wildman–Crippen MR) is 62.8 cm³/mol. The number of nitrogens with one attached hydrogen (secondary N) is 1. The molecule has 5 nitrogen and oxygen atoms in total. The first-order chi connectivity index (χ1) is 8.18. The zero-order chi connectivity index (χ0) is 12.3. The van der Waals surface area contributed by atoms with E-state index in [1.165, 1.54) is 12.1 Å². The monoisotopic (exact) mass is 239 g/mol. The van der Waals surface area contributed by atoms with Gasteiger partial charge >= 0.3 is 0 Å².